The first-order valence-electron chi connectivity index (χ1n) is 10.5. The molecule has 0 spiro atoms. The highest BCUT2D eigenvalue weighted by Crippen LogP contribution is 2.37. The zero-order valence-electron chi connectivity index (χ0n) is 18.2. The molecule has 1 aliphatic carbocycles. The minimum Gasteiger partial charge on any atom is -0.493 e. The number of aliphatic imine (C=N–C) groups is 1. The number of fused-ring (bicyclic) bond motifs is 1. The summed E-state index contributed by atoms with van der Waals surface area (Å²) in [5.74, 6) is 2.49. The number of hydrogen-bond donors (Lipinski definition) is 2. The summed E-state index contributed by atoms with van der Waals surface area (Å²) in [5.41, 5.74) is 2.43. The molecule has 29 heavy (non-hydrogen) atoms. The van der Waals surface area contributed by atoms with Crippen LogP contribution in [0.15, 0.2) is 17.1 Å². The van der Waals surface area contributed by atoms with Crippen LogP contribution in [0.5, 0.6) is 11.5 Å². The van der Waals surface area contributed by atoms with E-state index in [2.05, 4.69) is 36.2 Å². The average molecular weight is 517 g/mol. The number of nitrogens with one attached hydrogen (secondary N) is 1. The van der Waals surface area contributed by atoms with Crippen molar-refractivity contribution in [2.45, 2.75) is 58.6 Å². The lowest BCUT2D eigenvalue weighted by molar-refractivity contribution is 0.00702. The quantitative estimate of drug-likeness (QED) is 0.355. The van der Waals surface area contributed by atoms with Gasteiger partial charge in [-0.1, -0.05) is 19.8 Å². The highest BCUT2D eigenvalue weighted by Gasteiger charge is 2.35. The minimum atomic E-state index is -0.258. The third-order valence-corrected chi connectivity index (χ3v) is 6.22. The smallest absolute Gasteiger partial charge is 0.194 e. The summed E-state index contributed by atoms with van der Waals surface area (Å²) in [6.07, 6.45) is 4.91. The maximum absolute atomic E-state index is 10.5. The van der Waals surface area contributed by atoms with Crippen LogP contribution >= 0.6 is 24.0 Å². The number of hydrogen-bond acceptors (Lipinski definition) is 4. The molecule has 1 saturated carbocycles. The van der Waals surface area contributed by atoms with Crippen LogP contribution < -0.4 is 14.8 Å². The molecule has 7 heteroatoms. The summed E-state index contributed by atoms with van der Waals surface area (Å²) in [7, 11) is 3.35. The van der Waals surface area contributed by atoms with Gasteiger partial charge in [-0.3, -0.25) is 4.99 Å². The molecule has 2 N–H and O–H groups in total. The number of rotatable bonds is 5. The van der Waals surface area contributed by atoms with Gasteiger partial charge in [-0.05, 0) is 49.4 Å². The Morgan fingerprint density at radius 3 is 2.55 bits per heavy atom. The number of halogens is 1. The number of aliphatic hydroxyl groups is 1. The van der Waals surface area contributed by atoms with Crippen molar-refractivity contribution in [3.63, 3.8) is 0 Å². The Balaban J connectivity index is 0.00000300. The summed E-state index contributed by atoms with van der Waals surface area (Å²) in [6.45, 7) is 7.46. The van der Waals surface area contributed by atoms with Crippen molar-refractivity contribution in [3.8, 4) is 11.5 Å². The zero-order chi connectivity index (χ0) is 20.1. The first-order valence-corrected chi connectivity index (χ1v) is 10.5. The second kappa shape index (κ2) is 10.7. The minimum absolute atomic E-state index is 0. The van der Waals surface area contributed by atoms with Crippen molar-refractivity contribution < 1.29 is 14.6 Å². The molecule has 0 saturated heterocycles. The summed E-state index contributed by atoms with van der Waals surface area (Å²) in [5, 5.41) is 13.9. The molecule has 1 aromatic rings. The monoisotopic (exact) mass is 517 g/mol. The third-order valence-electron chi connectivity index (χ3n) is 6.22. The number of aliphatic hydroxyl groups excluding tert-OH is 1. The van der Waals surface area contributed by atoms with Crippen molar-refractivity contribution in [2.75, 3.05) is 33.9 Å². The van der Waals surface area contributed by atoms with Crippen LogP contribution in [0.2, 0.25) is 0 Å². The molecular weight excluding hydrogens is 481 g/mol. The zero-order valence-corrected chi connectivity index (χ0v) is 20.5. The standard InChI is InChI=1S/C22H35N3O3.HI/c1-5-23-21(24-15-22(2)10-7-6-8-20(22)26)25-11-9-16-12-18(27-3)19(28-4)13-17(16)14-25;/h12-13,20,26H,5-11,14-15H2,1-4H3,(H,23,24);1H. The Bertz CT molecular complexity index is 713. The SMILES string of the molecule is CCNC(=NCC1(C)CCCCC1O)N1CCc2cc(OC)c(OC)cc2C1.I. The lowest BCUT2D eigenvalue weighted by Gasteiger charge is -2.38. The van der Waals surface area contributed by atoms with E-state index in [-0.39, 0.29) is 35.5 Å². The lowest BCUT2D eigenvalue weighted by Crippen LogP contribution is -2.45. The van der Waals surface area contributed by atoms with E-state index in [1.54, 1.807) is 14.2 Å². The van der Waals surface area contributed by atoms with Gasteiger partial charge >= 0.3 is 0 Å². The number of nitrogens with zero attached hydrogens (tertiary/aromatic N) is 2. The normalized spacial score (nSPS) is 24.4. The summed E-state index contributed by atoms with van der Waals surface area (Å²) in [4.78, 5) is 7.25. The van der Waals surface area contributed by atoms with E-state index in [0.717, 1.165) is 62.8 Å². The highest BCUT2D eigenvalue weighted by molar-refractivity contribution is 14.0. The fourth-order valence-electron chi connectivity index (χ4n) is 4.31. The predicted octanol–water partition coefficient (Wildman–Crippen LogP) is 3.59. The van der Waals surface area contributed by atoms with E-state index in [1.807, 2.05) is 0 Å². The fourth-order valence-corrected chi connectivity index (χ4v) is 4.31. The van der Waals surface area contributed by atoms with E-state index < -0.39 is 0 Å². The lowest BCUT2D eigenvalue weighted by atomic mass is 9.73. The maximum atomic E-state index is 10.5. The van der Waals surface area contributed by atoms with Crippen LogP contribution in [0.1, 0.15) is 50.7 Å². The van der Waals surface area contributed by atoms with Gasteiger partial charge in [0.2, 0.25) is 0 Å². The van der Waals surface area contributed by atoms with Crippen molar-refractivity contribution in [3.05, 3.63) is 23.3 Å². The van der Waals surface area contributed by atoms with Gasteiger partial charge in [0.25, 0.3) is 0 Å². The predicted molar refractivity (Wildman–Crippen MR) is 128 cm³/mol. The Morgan fingerprint density at radius 1 is 1.24 bits per heavy atom. The molecule has 1 aliphatic heterocycles. The first kappa shape index (κ1) is 24.1. The molecule has 1 heterocycles. The Labute approximate surface area is 192 Å². The van der Waals surface area contributed by atoms with Gasteiger partial charge in [0.05, 0.1) is 26.9 Å². The number of guanidine groups is 1. The topological polar surface area (TPSA) is 66.3 Å². The molecule has 3 rings (SSSR count). The molecule has 1 fully saturated rings. The molecule has 2 unspecified atom stereocenters. The molecule has 0 amide bonds. The van der Waals surface area contributed by atoms with E-state index in [1.165, 1.54) is 17.5 Å². The van der Waals surface area contributed by atoms with Crippen molar-refractivity contribution in [1.29, 1.82) is 0 Å². The van der Waals surface area contributed by atoms with Crippen LogP contribution in [-0.2, 0) is 13.0 Å². The van der Waals surface area contributed by atoms with Crippen LogP contribution in [0.4, 0.5) is 0 Å². The van der Waals surface area contributed by atoms with Gasteiger partial charge in [-0.2, -0.15) is 0 Å². The van der Waals surface area contributed by atoms with E-state index in [9.17, 15) is 5.11 Å². The van der Waals surface area contributed by atoms with Crippen LogP contribution in [0.3, 0.4) is 0 Å². The summed E-state index contributed by atoms with van der Waals surface area (Å²) < 4.78 is 10.9. The second-order valence-electron chi connectivity index (χ2n) is 8.23. The molecule has 164 valence electrons. The van der Waals surface area contributed by atoms with Gasteiger partial charge < -0.3 is 24.8 Å². The molecule has 0 radical (unpaired) electrons. The number of methoxy groups -OCH3 is 2. The Morgan fingerprint density at radius 2 is 1.93 bits per heavy atom. The van der Waals surface area contributed by atoms with Gasteiger partial charge in [0.15, 0.2) is 17.5 Å². The largest absolute Gasteiger partial charge is 0.493 e. The second-order valence-corrected chi connectivity index (χ2v) is 8.23. The molecule has 0 bridgehead atoms. The number of benzene rings is 1. The van der Waals surface area contributed by atoms with Crippen LogP contribution in [-0.4, -0.2) is 55.9 Å². The third kappa shape index (κ3) is 5.48. The van der Waals surface area contributed by atoms with Crippen molar-refractivity contribution in [1.82, 2.24) is 10.2 Å². The molecule has 6 nitrogen and oxygen atoms in total. The van der Waals surface area contributed by atoms with Crippen LogP contribution in [0.25, 0.3) is 0 Å². The fraction of sp³-hybridized carbons (Fsp3) is 0.682. The first-order chi connectivity index (χ1) is 13.5. The number of ether oxygens (including phenoxy) is 2. The van der Waals surface area contributed by atoms with Crippen molar-refractivity contribution >= 4 is 29.9 Å². The average Bonchev–Trinajstić information content (AvgIpc) is 2.72. The molecule has 0 aromatic heterocycles. The molecule has 1 aromatic carbocycles. The van der Waals surface area contributed by atoms with Gasteiger partial charge in [-0.25, -0.2) is 0 Å². The summed E-state index contributed by atoms with van der Waals surface area (Å²) in [6, 6.07) is 4.17. The van der Waals surface area contributed by atoms with E-state index in [0.29, 0.717) is 6.54 Å². The van der Waals surface area contributed by atoms with Gasteiger partial charge in [-0.15, -0.1) is 24.0 Å². The van der Waals surface area contributed by atoms with E-state index >= 15 is 0 Å². The maximum Gasteiger partial charge on any atom is 0.194 e. The Kier molecular flexibility index (Phi) is 8.88. The van der Waals surface area contributed by atoms with E-state index in [4.69, 9.17) is 14.5 Å². The van der Waals surface area contributed by atoms with Crippen molar-refractivity contribution in [2.24, 2.45) is 10.4 Å². The Hall–Kier alpha value is -1.22. The van der Waals surface area contributed by atoms with Gasteiger partial charge in [0.1, 0.15) is 0 Å². The molecular formula is C22H36IN3O3. The van der Waals surface area contributed by atoms with Crippen LogP contribution in [0, 0.1) is 5.41 Å². The summed E-state index contributed by atoms with van der Waals surface area (Å²) >= 11 is 0. The molecule has 2 atom stereocenters. The molecule has 2 aliphatic rings. The highest BCUT2D eigenvalue weighted by atomic mass is 127. The van der Waals surface area contributed by atoms with Gasteiger partial charge in [0, 0.05) is 25.0 Å².